The maximum Gasteiger partial charge on any atom is 0.307 e. The normalized spacial score (nSPS) is 15.7. The summed E-state index contributed by atoms with van der Waals surface area (Å²) < 4.78 is 0. The summed E-state index contributed by atoms with van der Waals surface area (Å²) >= 11 is 0. The van der Waals surface area contributed by atoms with E-state index in [0.717, 1.165) is 0 Å². The van der Waals surface area contributed by atoms with Crippen LogP contribution in [0.2, 0.25) is 0 Å². The molecular formula is C10H19NO4. The third-order valence-corrected chi connectivity index (χ3v) is 2.78. The Kier molecular flexibility index (Phi) is 4.74. The molecule has 0 aromatic rings. The third kappa shape index (κ3) is 4.78. The van der Waals surface area contributed by atoms with Crippen molar-refractivity contribution in [3.63, 3.8) is 0 Å². The lowest BCUT2D eigenvalue weighted by atomic mass is 9.77. The Morgan fingerprint density at radius 2 is 1.80 bits per heavy atom. The third-order valence-electron chi connectivity index (χ3n) is 2.78. The van der Waals surface area contributed by atoms with Gasteiger partial charge in [0.05, 0.1) is 12.3 Å². The minimum atomic E-state index is -1.09. The van der Waals surface area contributed by atoms with Crippen molar-refractivity contribution in [1.29, 1.82) is 0 Å². The minimum absolute atomic E-state index is 0.173. The van der Waals surface area contributed by atoms with Crippen LogP contribution < -0.4 is 5.73 Å². The SMILES string of the molecule is CC(N)C(C)(C)CC(CC(=O)O)C(=O)O. The maximum absolute atomic E-state index is 10.8. The molecule has 88 valence electrons. The number of aliphatic carboxylic acids is 2. The molecule has 0 radical (unpaired) electrons. The molecule has 0 aliphatic heterocycles. The van der Waals surface area contributed by atoms with Crippen LogP contribution in [0.15, 0.2) is 0 Å². The first kappa shape index (κ1) is 13.9. The number of rotatable bonds is 6. The highest BCUT2D eigenvalue weighted by Crippen LogP contribution is 2.29. The van der Waals surface area contributed by atoms with Gasteiger partial charge in [0.1, 0.15) is 0 Å². The number of hydrogen-bond acceptors (Lipinski definition) is 3. The predicted molar refractivity (Wildman–Crippen MR) is 55.4 cm³/mol. The fourth-order valence-corrected chi connectivity index (χ4v) is 1.28. The maximum atomic E-state index is 10.8. The Labute approximate surface area is 89.3 Å². The van der Waals surface area contributed by atoms with Crippen LogP contribution in [0.3, 0.4) is 0 Å². The van der Waals surface area contributed by atoms with Crippen molar-refractivity contribution in [2.75, 3.05) is 0 Å². The van der Waals surface area contributed by atoms with E-state index in [2.05, 4.69) is 0 Å². The molecule has 2 atom stereocenters. The van der Waals surface area contributed by atoms with Gasteiger partial charge < -0.3 is 15.9 Å². The van der Waals surface area contributed by atoms with E-state index in [1.54, 1.807) is 6.92 Å². The first-order chi connectivity index (χ1) is 6.66. The molecule has 0 spiro atoms. The molecule has 4 N–H and O–H groups in total. The topological polar surface area (TPSA) is 101 Å². The molecule has 0 aliphatic rings. The average molecular weight is 217 g/mol. The average Bonchev–Trinajstić information content (AvgIpc) is 2.01. The summed E-state index contributed by atoms with van der Waals surface area (Å²) in [5.74, 6) is -3.04. The smallest absolute Gasteiger partial charge is 0.307 e. The van der Waals surface area contributed by atoms with Gasteiger partial charge in [0.25, 0.3) is 0 Å². The van der Waals surface area contributed by atoms with Gasteiger partial charge in [-0.15, -0.1) is 0 Å². The van der Waals surface area contributed by atoms with Gasteiger partial charge in [0.2, 0.25) is 0 Å². The van der Waals surface area contributed by atoms with Gasteiger partial charge in [-0.3, -0.25) is 9.59 Å². The van der Waals surface area contributed by atoms with E-state index in [1.807, 2.05) is 13.8 Å². The largest absolute Gasteiger partial charge is 0.481 e. The molecule has 0 aromatic carbocycles. The van der Waals surface area contributed by atoms with E-state index in [1.165, 1.54) is 0 Å². The number of carboxylic acid groups (broad SMARTS) is 2. The van der Waals surface area contributed by atoms with Gasteiger partial charge in [-0.05, 0) is 18.8 Å². The van der Waals surface area contributed by atoms with E-state index >= 15 is 0 Å². The number of nitrogens with two attached hydrogens (primary N) is 1. The van der Waals surface area contributed by atoms with Crippen LogP contribution in [-0.2, 0) is 9.59 Å². The van der Waals surface area contributed by atoms with E-state index in [0.29, 0.717) is 0 Å². The van der Waals surface area contributed by atoms with Crippen molar-refractivity contribution in [3.05, 3.63) is 0 Å². The van der Waals surface area contributed by atoms with Crippen molar-refractivity contribution in [2.24, 2.45) is 17.1 Å². The molecule has 2 unspecified atom stereocenters. The summed E-state index contributed by atoms with van der Waals surface area (Å²) in [7, 11) is 0. The molecule has 0 aromatic heterocycles. The molecule has 15 heavy (non-hydrogen) atoms. The first-order valence-electron chi connectivity index (χ1n) is 4.87. The lowest BCUT2D eigenvalue weighted by Crippen LogP contribution is -2.38. The fourth-order valence-electron chi connectivity index (χ4n) is 1.28. The van der Waals surface area contributed by atoms with E-state index < -0.39 is 17.9 Å². The Morgan fingerprint density at radius 3 is 2.07 bits per heavy atom. The molecule has 0 saturated heterocycles. The zero-order valence-corrected chi connectivity index (χ0v) is 9.36. The summed E-state index contributed by atoms with van der Waals surface area (Å²) in [6.45, 7) is 5.48. The predicted octanol–water partition coefficient (Wildman–Crippen LogP) is 0.925. The second-order valence-electron chi connectivity index (χ2n) is 4.61. The molecular weight excluding hydrogens is 198 g/mol. The van der Waals surface area contributed by atoms with Crippen molar-refractivity contribution in [1.82, 2.24) is 0 Å². The lowest BCUT2D eigenvalue weighted by molar-refractivity contribution is -0.149. The van der Waals surface area contributed by atoms with Crippen molar-refractivity contribution in [3.8, 4) is 0 Å². The van der Waals surface area contributed by atoms with Crippen molar-refractivity contribution < 1.29 is 19.8 Å². The zero-order valence-electron chi connectivity index (χ0n) is 9.36. The van der Waals surface area contributed by atoms with Crippen molar-refractivity contribution in [2.45, 2.75) is 39.7 Å². The van der Waals surface area contributed by atoms with Gasteiger partial charge in [-0.25, -0.2) is 0 Å². The van der Waals surface area contributed by atoms with Crippen LogP contribution in [0.4, 0.5) is 0 Å². The Hall–Kier alpha value is -1.10. The quantitative estimate of drug-likeness (QED) is 0.614. The van der Waals surface area contributed by atoms with Crippen LogP contribution in [0.1, 0.15) is 33.6 Å². The van der Waals surface area contributed by atoms with Crippen LogP contribution >= 0.6 is 0 Å². The van der Waals surface area contributed by atoms with E-state index in [-0.39, 0.29) is 24.3 Å². The molecule has 5 nitrogen and oxygen atoms in total. The minimum Gasteiger partial charge on any atom is -0.481 e. The zero-order chi connectivity index (χ0) is 12.2. The molecule has 0 aliphatic carbocycles. The van der Waals surface area contributed by atoms with Gasteiger partial charge in [-0.1, -0.05) is 13.8 Å². The Morgan fingerprint density at radius 1 is 1.33 bits per heavy atom. The highest BCUT2D eigenvalue weighted by Gasteiger charge is 2.31. The molecule has 5 heteroatoms. The fraction of sp³-hybridized carbons (Fsp3) is 0.800. The van der Waals surface area contributed by atoms with Crippen LogP contribution in [-0.4, -0.2) is 28.2 Å². The Balaban J connectivity index is 4.54. The first-order valence-corrected chi connectivity index (χ1v) is 4.87. The Bertz CT molecular complexity index is 248. The van der Waals surface area contributed by atoms with Gasteiger partial charge in [0.15, 0.2) is 0 Å². The standard InChI is InChI=1S/C10H19NO4/c1-6(11)10(2,3)5-7(9(14)15)4-8(12)13/h6-7H,4-5,11H2,1-3H3,(H,12,13)(H,14,15). The number of carboxylic acids is 2. The van der Waals surface area contributed by atoms with Crippen LogP contribution in [0.25, 0.3) is 0 Å². The monoisotopic (exact) mass is 217 g/mol. The molecule has 0 saturated carbocycles. The summed E-state index contributed by atoms with van der Waals surface area (Å²) in [5, 5.41) is 17.4. The lowest BCUT2D eigenvalue weighted by Gasteiger charge is -2.31. The second kappa shape index (κ2) is 5.11. The summed E-state index contributed by atoms with van der Waals surface area (Å²) in [6, 6.07) is -0.173. The summed E-state index contributed by atoms with van der Waals surface area (Å²) in [6.07, 6.45) is -0.0855. The molecule has 0 amide bonds. The van der Waals surface area contributed by atoms with Crippen LogP contribution in [0.5, 0.6) is 0 Å². The highest BCUT2D eigenvalue weighted by molar-refractivity contribution is 5.77. The van der Waals surface area contributed by atoms with Crippen molar-refractivity contribution >= 4 is 11.9 Å². The second-order valence-corrected chi connectivity index (χ2v) is 4.61. The summed E-state index contributed by atoms with van der Waals surface area (Å²) in [5.41, 5.74) is 5.33. The number of carbonyl (C=O) groups is 2. The summed E-state index contributed by atoms with van der Waals surface area (Å²) in [4.78, 5) is 21.3. The number of hydrogen-bond donors (Lipinski definition) is 3. The van der Waals surface area contributed by atoms with E-state index in [4.69, 9.17) is 15.9 Å². The highest BCUT2D eigenvalue weighted by atomic mass is 16.4. The molecule has 0 heterocycles. The molecule has 0 fully saturated rings. The van der Waals surface area contributed by atoms with E-state index in [9.17, 15) is 9.59 Å². The van der Waals surface area contributed by atoms with Gasteiger partial charge in [-0.2, -0.15) is 0 Å². The molecule has 0 bridgehead atoms. The van der Waals surface area contributed by atoms with Gasteiger partial charge in [0, 0.05) is 6.04 Å². The van der Waals surface area contributed by atoms with Gasteiger partial charge >= 0.3 is 11.9 Å². The molecule has 0 rings (SSSR count). The van der Waals surface area contributed by atoms with Crippen LogP contribution in [0, 0.1) is 11.3 Å².